The first-order chi connectivity index (χ1) is 21.7. The van der Waals surface area contributed by atoms with E-state index in [2.05, 4.69) is 30.6 Å². The number of aromatic hydroxyl groups is 1. The second-order valence-electron chi connectivity index (χ2n) is 10.8. The standard InChI is InChI=1S/C28H33N9O8/c1-13(4-5-15-21(38)19-16(8-44-28(19)41)14(2)24(15)42-3)6-30-11-36-7-18(34-35-36)43-9-17-22(39)23(40)27(45-17)37-12-33-20-25(29)31-10-32-26(20)37/h4,7,10,12,17,22-23,27,30,38-40H,5-6,8-9,11H2,1-3H3,(H2,29,31,32)/b13-4+/t17-,22-,23-,27-/m0/s1. The maximum Gasteiger partial charge on any atom is 0.342 e. The summed E-state index contributed by atoms with van der Waals surface area (Å²) in [6, 6.07) is 0. The molecule has 238 valence electrons. The molecule has 4 atom stereocenters. The summed E-state index contributed by atoms with van der Waals surface area (Å²) in [6.45, 7) is 4.63. The highest BCUT2D eigenvalue weighted by Crippen LogP contribution is 2.42. The number of phenolic OH excluding ortho intramolecular Hbond substituents is 1. The van der Waals surface area contributed by atoms with Crippen LogP contribution in [0.25, 0.3) is 11.2 Å². The van der Waals surface area contributed by atoms with Crippen molar-refractivity contribution in [1.29, 1.82) is 0 Å². The number of carbonyl (C=O) groups excluding carboxylic acids is 1. The number of aromatic nitrogens is 7. The third kappa shape index (κ3) is 5.61. The van der Waals surface area contributed by atoms with Crippen molar-refractivity contribution in [2.75, 3.05) is 26.0 Å². The fourth-order valence-corrected chi connectivity index (χ4v) is 5.49. The predicted molar refractivity (Wildman–Crippen MR) is 155 cm³/mol. The molecule has 0 bridgehead atoms. The van der Waals surface area contributed by atoms with Gasteiger partial charge < -0.3 is 40.0 Å². The van der Waals surface area contributed by atoms with Crippen molar-refractivity contribution in [3.05, 3.63) is 52.8 Å². The van der Waals surface area contributed by atoms with Gasteiger partial charge in [-0.2, -0.15) is 0 Å². The molecule has 4 aromatic rings. The van der Waals surface area contributed by atoms with Crippen LogP contribution in [0.4, 0.5) is 5.82 Å². The van der Waals surface area contributed by atoms with Gasteiger partial charge in [0.15, 0.2) is 17.7 Å². The Morgan fingerprint density at radius 1 is 1.27 bits per heavy atom. The Balaban J connectivity index is 1.01. The Kier molecular flexibility index (Phi) is 8.24. The van der Waals surface area contributed by atoms with Crippen LogP contribution in [0.15, 0.2) is 30.5 Å². The molecule has 0 unspecified atom stereocenters. The van der Waals surface area contributed by atoms with Crippen molar-refractivity contribution in [2.24, 2.45) is 0 Å². The maximum atomic E-state index is 12.1. The monoisotopic (exact) mass is 623 g/mol. The van der Waals surface area contributed by atoms with Gasteiger partial charge in [-0.3, -0.25) is 9.88 Å². The molecule has 0 spiro atoms. The van der Waals surface area contributed by atoms with Gasteiger partial charge in [-0.05, 0) is 25.8 Å². The van der Waals surface area contributed by atoms with E-state index in [1.807, 2.05) is 19.9 Å². The smallest absolute Gasteiger partial charge is 0.342 e. The van der Waals surface area contributed by atoms with E-state index in [9.17, 15) is 20.1 Å². The summed E-state index contributed by atoms with van der Waals surface area (Å²) in [5.41, 5.74) is 9.70. The molecule has 0 amide bonds. The summed E-state index contributed by atoms with van der Waals surface area (Å²) in [7, 11) is 1.53. The van der Waals surface area contributed by atoms with Gasteiger partial charge in [0, 0.05) is 17.7 Å². The van der Waals surface area contributed by atoms with Gasteiger partial charge in [0.1, 0.15) is 60.4 Å². The van der Waals surface area contributed by atoms with Crippen molar-refractivity contribution in [3.63, 3.8) is 0 Å². The number of anilines is 1. The van der Waals surface area contributed by atoms with Crippen molar-refractivity contribution < 1.29 is 39.1 Å². The first kappa shape index (κ1) is 30.2. The number of carbonyl (C=O) groups is 1. The van der Waals surface area contributed by atoms with E-state index < -0.39 is 30.5 Å². The number of ether oxygens (including phenoxy) is 4. The van der Waals surface area contributed by atoms with Crippen molar-refractivity contribution in [2.45, 2.75) is 58.1 Å². The number of rotatable bonds is 11. The molecule has 1 saturated heterocycles. The zero-order valence-corrected chi connectivity index (χ0v) is 24.7. The first-order valence-electron chi connectivity index (χ1n) is 14.1. The van der Waals surface area contributed by atoms with Crippen LogP contribution in [0.5, 0.6) is 17.4 Å². The van der Waals surface area contributed by atoms with Gasteiger partial charge in [-0.25, -0.2) is 24.4 Å². The molecule has 2 aliphatic rings. The lowest BCUT2D eigenvalue weighted by Gasteiger charge is -2.16. The summed E-state index contributed by atoms with van der Waals surface area (Å²) in [5, 5.41) is 43.3. The number of nitrogen functional groups attached to an aromatic ring is 1. The van der Waals surface area contributed by atoms with E-state index in [0.29, 0.717) is 47.7 Å². The Hall–Kier alpha value is -4.84. The van der Waals surface area contributed by atoms with Crippen LogP contribution in [-0.2, 0) is 29.2 Å². The minimum absolute atomic E-state index is 0.0946. The van der Waals surface area contributed by atoms with E-state index in [0.717, 1.165) is 11.1 Å². The number of allylic oxidation sites excluding steroid dienone is 1. The number of aliphatic hydroxyl groups excluding tert-OH is 2. The van der Waals surface area contributed by atoms with Gasteiger partial charge in [0.05, 0.1) is 26.3 Å². The molecule has 0 radical (unpaired) electrons. The topological polar surface area (TPSA) is 227 Å². The number of methoxy groups -OCH3 is 1. The normalized spacial score (nSPS) is 21.4. The summed E-state index contributed by atoms with van der Waals surface area (Å²) in [5.74, 6) is 0.284. The molecule has 6 rings (SSSR count). The second kappa shape index (κ2) is 12.3. The van der Waals surface area contributed by atoms with Crippen LogP contribution in [0.2, 0.25) is 0 Å². The fourth-order valence-electron chi connectivity index (χ4n) is 5.49. The van der Waals surface area contributed by atoms with Crippen molar-refractivity contribution in [3.8, 4) is 17.4 Å². The number of phenols is 1. The number of imidazole rings is 1. The number of hydrogen-bond donors (Lipinski definition) is 5. The number of benzene rings is 1. The van der Waals surface area contributed by atoms with Gasteiger partial charge in [0.25, 0.3) is 5.88 Å². The van der Waals surface area contributed by atoms with Gasteiger partial charge in [-0.15, -0.1) is 0 Å². The average molecular weight is 624 g/mol. The Morgan fingerprint density at radius 2 is 2.09 bits per heavy atom. The number of aliphatic hydroxyl groups is 2. The molecule has 17 heteroatoms. The van der Waals surface area contributed by atoms with E-state index in [4.69, 9.17) is 24.7 Å². The highest BCUT2D eigenvalue weighted by Gasteiger charge is 2.45. The Morgan fingerprint density at radius 3 is 2.89 bits per heavy atom. The van der Waals surface area contributed by atoms with Crippen LogP contribution in [0.1, 0.15) is 40.2 Å². The number of nitrogens with zero attached hydrogens (tertiary/aromatic N) is 7. The zero-order valence-electron chi connectivity index (χ0n) is 24.7. The fraction of sp³-hybridized carbons (Fsp3) is 0.429. The number of hydrogen-bond acceptors (Lipinski definition) is 15. The highest BCUT2D eigenvalue weighted by molar-refractivity contribution is 5.98. The summed E-state index contributed by atoms with van der Waals surface area (Å²) < 4.78 is 25.3. The second-order valence-corrected chi connectivity index (χ2v) is 10.8. The Labute approximate surface area is 256 Å². The number of cyclic esters (lactones) is 1. The molecule has 0 aliphatic carbocycles. The number of fused-ring (bicyclic) bond motifs is 2. The lowest BCUT2D eigenvalue weighted by Crippen LogP contribution is -2.34. The average Bonchev–Trinajstić information content (AvgIpc) is 3.81. The minimum Gasteiger partial charge on any atom is -0.507 e. The number of esters is 1. The van der Waals surface area contributed by atoms with Crippen LogP contribution in [-0.4, -0.2) is 94.4 Å². The Bertz CT molecular complexity index is 1770. The summed E-state index contributed by atoms with van der Waals surface area (Å²) in [6.07, 6.45) is 2.24. The number of nitrogens with two attached hydrogens (primary N) is 1. The minimum atomic E-state index is -1.27. The van der Waals surface area contributed by atoms with Crippen molar-refractivity contribution >= 4 is 23.0 Å². The molecule has 0 saturated carbocycles. The van der Waals surface area contributed by atoms with Gasteiger partial charge in [0.2, 0.25) is 0 Å². The molecule has 5 heterocycles. The van der Waals surface area contributed by atoms with E-state index in [1.54, 1.807) is 6.20 Å². The van der Waals surface area contributed by atoms with E-state index in [-0.39, 0.29) is 36.2 Å². The van der Waals surface area contributed by atoms with Crippen LogP contribution >= 0.6 is 0 Å². The largest absolute Gasteiger partial charge is 0.507 e. The molecule has 45 heavy (non-hydrogen) atoms. The third-order valence-corrected chi connectivity index (χ3v) is 7.89. The highest BCUT2D eigenvalue weighted by atomic mass is 16.6. The predicted octanol–water partition coefficient (Wildman–Crippen LogP) is 0.127. The molecule has 6 N–H and O–H groups in total. The molecule has 2 aliphatic heterocycles. The van der Waals surface area contributed by atoms with E-state index >= 15 is 0 Å². The van der Waals surface area contributed by atoms with Crippen LogP contribution in [0, 0.1) is 6.92 Å². The maximum absolute atomic E-state index is 12.1. The molecule has 3 aromatic heterocycles. The lowest BCUT2D eigenvalue weighted by molar-refractivity contribution is -0.0479. The third-order valence-electron chi connectivity index (χ3n) is 7.89. The van der Waals surface area contributed by atoms with Crippen LogP contribution < -0.4 is 20.5 Å². The molecular weight excluding hydrogens is 590 g/mol. The molecule has 17 nitrogen and oxygen atoms in total. The first-order valence-corrected chi connectivity index (χ1v) is 14.1. The van der Waals surface area contributed by atoms with E-state index in [1.165, 1.54) is 29.0 Å². The van der Waals surface area contributed by atoms with Crippen molar-refractivity contribution in [1.82, 2.24) is 39.8 Å². The summed E-state index contributed by atoms with van der Waals surface area (Å²) in [4.78, 5) is 24.4. The molecule has 1 aromatic carbocycles. The molecule has 1 fully saturated rings. The quantitative estimate of drug-likeness (QED) is 0.110. The van der Waals surface area contributed by atoms with Gasteiger partial charge in [-0.1, -0.05) is 22.0 Å². The zero-order chi connectivity index (χ0) is 31.8. The molecular formula is C28H33N9O8. The SMILES string of the molecule is COc1c(C)c2c(c(O)c1C/C=C(\C)CNCn1cc(OC[C@@H]3O[C@H](n4cnc5c(N)ncnc54)[C@@H](O)[C@H]3O)nn1)C(=O)OC2. The summed E-state index contributed by atoms with van der Waals surface area (Å²) >= 11 is 0. The lowest BCUT2D eigenvalue weighted by atomic mass is 9.95. The van der Waals surface area contributed by atoms with Crippen LogP contribution in [0.3, 0.4) is 0 Å². The van der Waals surface area contributed by atoms with Gasteiger partial charge >= 0.3 is 5.97 Å². The number of nitrogens with one attached hydrogen (secondary N) is 1.